The third kappa shape index (κ3) is 10.1. The van der Waals surface area contributed by atoms with Gasteiger partial charge >= 0.3 is 11.9 Å². The molecule has 0 spiro atoms. The van der Waals surface area contributed by atoms with Crippen molar-refractivity contribution in [1.82, 2.24) is 16.0 Å². The summed E-state index contributed by atoms with van der Waals surface area (Å²) in [5, 5.41) is 24.8. The predicted octanol–water partition coefficient (Wildman–Crippen LogP) is -2.89. The summed E-state index contributed by atoms with van der Waals surface area (Å²) in [5.74, 6) is -5.03. The van der Waals surface area contributed by atoms with Gasteiger partial charge in [0.2, 0.25) is 17.7 Å². The van der Waals surface area contributed by atoms with Crippen LogP contribution in [-0.2, 0) is 24.0 Å². The Labute approximate surface area is 156 Å². The van der Waals surface area contributed by atoms with Crippen molar-refractivity contribution in [3.05, 3.63) is 0 Å². The van der Waals surface area contributed by atoms with Gasteiger partial charge in [0.1, 0.15) is 18.1 Å². The smallest absolute Gasteiger partial charge is 0.326 e. The molecule has 3 atom stereocenters. The molecule has 3 unspecified atom stereocenters. The molecule has 0 saturated heterocycles. The van der Waals surface area contributed by atoms with Crippen molar-refractivity contribution >= 4 is 29.7 Å². The SMILES string of the molecule is CC(NC(=O)CN)C(=O)NC(CC(=O)O)C(=O)NC(CCCCN)C(=O)O. The Morgan fingerprint density at radius 1 is 0.889 bits per heavy atom. The normalized spacial score (nSPS) is 13.7. The molecule has 3 amide bonds. The van der Waals surface area contributed by atoms with Crippen molar-refractivity contribution in [2.45, 2.75) is 50.7 Å². The minimum atomic E-state index is -1.51. The molecule has 0 aromatic heterocycles. The predicted molar refractivity (Wildman–Crippen MR) is 93.3 cm³/mol. The zero-order valence-corrected chi connectivity index (χ0v) is 15.1. The number of hydrogen-bond acceptors (Lipinski definition) is 7. The lowest BCUT2D eigenvalue weighted by Gasteiger charge is -2.22. The van der Waals surface area contributed by atoms with Crippen LogP contribution in [0.1, 0.15) is 32.6 Å². The van der Waals surface area contributed by atoms with Gasteiger partial charge in [-0.05, 0) is 32.7 Å². The Kier molecular flexibility index (Phi) is 11.3. The van der Waals surface area contributed by atoms with Gasteiger partial charge in [-0.3, -0.25) is 19.2 Å². The van der Waals surface area contributed by atoms with Gasteiger partial charge in [-0.15, -0.1) is 0 Å². The van der Waals surface area contributed by atoms with Crippen LogP contribution in [-0.4, -0.2) is 71.1 Å². The molecule has 12 nitrogen and oxygen atoms in total. The van der Waals surface area contributed by atoms with Crippen LogP contribution < -0.4 is 27.4 Å². The highest BCUT2D eigenvalue weighted by Crippen LogP contribution is 2.03. The molecule has 0 fully saturated rings. The Morgan fingerprint density at radius 2 is 1.48 bits per heavy atom. The minimum absolute atomic E-state index is 0.106. The standard InChI is InChI=1S/C15H27N5O7/c1-8(18-11(21)7-17)13(24)20-10(6-12(22)23)14(25)19-9(15(26)27)4-2-3-5-16/h8-10H,2-7,16-17H2,1H3,(H,18,21)(H,19,25)(H,20,24)(H,22,23)(H,26,27). The van der Waals surface area contributed by atoms with Gasteiger partial charge < -0.3 is 37.6 Å². The number of nitrogens with two attached hydrogens (primary N) is 2. The highest BCUT2D eigenvalue weighted by molar-refractivity contribution is 5.95. The first-order chi connectivity index (χ1) is 12.6. The van der Waals surface area contributed by atoms with Crippen molar-refractivity contribution in [3.8, 4) is 0 Å². The van der Waals surface area contributed by atoms with E-state index in [-0.39, 0.29) is 13.0 Å². The van der Waals surface area contributed by atoms with Gasteiger partial charge in [0.15, 0.2) is 0 Å². The number of carboxylic acids is 2. The zero-order valence-electron chi connectivity index (χ0n) is 15.1. The molecule has 0 aliphatic carbocycles. The molecular formula is C15H27N5O7. The lowest BCUT2D eigenvalue weighted by Crippen LogP contribution is -2.56. The molecular weight excluding hydrogens is 362 g/mol. The van der Waals surface area contributed by atoms with Gasteiger partial charge in [0.25, 0.3) is 0 Å². The fourth-order valence-electron chi connectivity index (χ4n) is 2.07. The highest BCUT2D eigenvalue weighted by atomic mass is 16.4. The molecule has 0 radical (unpaired) electrons. The number of carbonyl (C=O) groups is 5. The largest absolute Gasteiger partial charge is 0.481 e. The Morgan fingerprint density at radius 3 is 1.96 bits per heavy atom. The Bertz CT molecular complexity index is 555. The lowest BCUT2D eigenvalue weighted by molar-refractivity contribution is -0.143. The van der Waals surface area contributed by atoms with Crippen molar-refractivity contribution < 1.29 is 34.2 Å². The van der Waals surface area contributed by atoms with Crippen LogP contribution in [0.3, 0.4) is 0 Å². The molecule has 9 N–H and O–H groups in total. The molecule has 0 aliphatic heterocycles. The van der Waals surface area contributed by atoms with E-state index in [1.54, 1.807) is 0 Å². The number of carboxylic acid groups (broad SMARTS) is 2. The maximum Gasteiger partial charge on any atom is 0.326 e. The topological polar surface area (TPSA) is 214 Å². The van der Waals surface area contributed by atoms with Crippen LogP contribution in [0.4, 0.5) is 0 Å². The van der Waals surface area contributed by atoms with Crippen LogP contribution in [0.2, 0.25) is 0 Å². The molecule has 0 aromatic rings. The van der Waals surface area contributed by atoms with Crippen LogP contribution in [0.15, 0.2) is 0 Å². The first-order valence-corrected chi connectivity index (χ1v) is 8.37. The Balaban J connectivity index is 5.01. The molecule has 0 saturated carbocycles. The monoisotopic (exact) mass is 389 g/mol. The van der Waals surface area contributed by atoms with E-state index in [1.165, 1.54) is 6.92 Å². The molecule has 0 rings (SSSR count). The second kappa shape index (κ2) is 12.6. The number of carbonyl (C=O) groups excluding carboxylic acids is 3. The highest BCUT2D eigenvalue weighted by Gasteiger charge is 2.29. The van der Waals surface area contributed by atoms with Crippen molar-refractivity contribution in [3.63, 3.8) is 0 Å². The van der Waals surface area contributed by atoms with Crippen LogP contribution in [0.5, 0.6) is 0 Å². The summed E-state index contributed by atoms with van der Waals surface area (Å²) < 4.78 is 0. The lowest BCUT2D eigenvalue weighted by atomic mass is 10.1. The van der Waals surface area contributed by atoms with E-state index in [0.717, 1.165) is 0 Å². The van der Waals surface area contributed by atoms with E-state index >= 15 is 0 Å². The molecule has 0 aliphatic rings. The summed E-state index contributed by atoms with van der Waals surface area (Å²) in [6, 6.07) is -3.82. The first kappa shape index (κ1) is 24.3. The quantitative estimate of drug-likeness (QED) is 0.161. The van der Waals surface area contributed by atoms with Crippen molar-refractivity contribution in [2.75, 3.05) is 13.1 Å². The van der Waals surface area contributed by atoms with E-state index in [9.17, 15) is 29.1 Å². The van der Waals surface area contributed by atoms with Crippen LogP contribution >= 0.6 is 0 Å². The van der Waals surface area contributed by atoms with Crippen molar-refractivity contribution in [1.29, 1.82) is 0 Å². The van der Waals surface area contributed by atoms with Gasteiger partial charge in [0.05, 0.1) is 13.0 Å². The van der Waals surface area contributed by atoms with Gasteiger partial charge in [0, 0.05) is 0 Å². The summed E-state index contributed by atoms with van der Waals surface area (Å²) >= 11 is 0. The second-order valence-corrected chi connectivity index (χ2v) is 5.84. The van der Waals surface area contributed by atoms with Crippen LogP contribution in [0.25, 0.3) is 0 Å². The average Bonchev–Trinajstić information content (AvgIpc) is 2.59. The Hall–Kier alpha value is -2.73. The van der Waals surface area contributed by atoms with E-state index in [2.05, 4.69) is 16.0 Å². The average molecular weight is 389 g/mol. The third-order valence-electron chi connectivity index (χ3n) is 3.53. The van der Waals surface area contributed by atoms with E-state index < -0.39 is 54.2 Å². The van der Waals surface area contributed by atoms with Gasteiger partial charge in [-0.2, -0.15) is 0 Å². The maximum atomic E-state index is 12.3. The number of rotatable bonds is 13. The van der Waals surface area contributed by atoms with Crippen LogP contribution in [0, 0.1) is 0 Å². The van der Waals surface area contributed by atoms with Gasteiger partial charge in [-0.1, -0.05) is 0 Å². The summed E-state index contributed by atoms with van der Waals surface area (Å²) in [7, 11) is 0. The van der Waals surface area contributed by atoms with E-state index in [1.807, 2.05) is 0 Å². The summed E-state index contributed by atoms with van der Waals surface area (Å²) in [5.41, 5.74) is 10.5. The molecule has 0 heterocycles. The molecule has 0 bridgehead atoms. The number of amides is 3. The second-order valence-electron chi connectivity index (χ2n) is 5.84. The van der Waals surface area contributed by atoms with Gasteiger partial charge in [-0.25, -0.2) is 4.79 Å². The number of unbranched alkanes of at least 4 members (excludes halogenated alkanes) is 1. The number of hydrogen-bond donors (Lipinski definition) is 7. The molecule has 27 heavy (non-hydrogen) atoms. The fourth-order valence-corrected chi connectivity index (χ4v) is 2.07. The molecule has 12 heteroatoms. The summed E-state index contributed by atoms with van der Waals surface area (Å²) in [6.07, 6.45) is 0.360. The summed E-state index contributed by atoms with van der Waals surface area (Å²) in [6.45, 7) is 1.34. The molecule has 0 aromatic carbocycles. The fraction of sp³-hybridized carbons (Fsp3) is 0.667. The minimum Gasteiger partial charge on any atom is -0.481 e. The number of aliphatic carboxylic acids is 2. The van der Waals surface area contributed by atoms with E-state index in [4.69, 9.17) is 16.6 Å². The zero-order chi connectivity index (χ0) is 21.0. The number of nitrogens with one attached hydrogen (secondary N) is 3. The summed E-state index contributed by atoms with van der Waals surface area (Å²) in [4.78, 5) is 57.8. The maximum absolute atomic E-state index is 12.3. The van der Waals surface area contributed by atoms with Crippen molar-refractivity contribution in [2.24, 2.45) is 11.5 Å². The van der Waals surface area contributed by atoms with E-state index in [0.29, 0.717) is 19.4 Å². The molecule has 154 valence electrons. The first-order valence-electron chi connectivity index (χ1n) is 8.37. The third-order valence-corrected chi connectivity index (χ3v) is 3.53.